The van der Waals surface area contributed by atoms with Crippen molar-refractivity contribution in [1.29, 1.82) is 0 Å². The fourth-order valence-electron chi connectivity index (χ4n) is 3.55. The lowest BCUT2D eigenvalue weighted by atomic mass is 9.97. The molecule has 0 fully saturated rings. The van der Waals surface area contributed by atoms with E-state index in [4.69, 9.17) is 0 Å². The summed E-state index contributed by atoms with van der Waals surface area (Å²) in [5.41, 5.74) is 3.19. The maximum atomic E-state index is 12.8. The van der Waals surface area contributed by atoms with Crippen LogP contribution in [0.3, 0.4) is 0 Å². The van der Waals surface area contributed by atoms with Gasteiger partial charge in [0.1, 0.15) is 0 Å². The number of carbonyl (C=O) groups excluding carboxylic acids is 1. The molecule has 2 heterocycles. The molecule has 2 aliphatic rings. The molecule has 0 saturated carbocycles. The standard InChI is InChI=1S/C18H17BrN2O3S/c1-11-16-10-15(9-12-3-2-8-21(17(12)16)18(11)22)25(23,24)20-14-6-4-13(19)5-7-14/h4-7,9-11,20H,2-3,8H2,1H3/t11-/m1/s1. The second-order valence-electron chi connectivity index (χ2n) is 6.45. The first-order valence-corrected chi connectivity index (χ1v) is 10.4. The van der Waals surface area contributed by atoms with Crippen LogP contribution in [0, 0.1) is 0 Å². The first-order chi connectivity index (χ1) is 11.9. The van der Waals surface area contributed by atoms with Crippen LogP contribution in [0.5, 0.6) is 0 Å². The summed E-state index contributed by atoms with van der Waals surface area (Å²) in [6.45, 7) is 2.56. The summed E-state index contributed by atoms with van der Waals surface area (Å²) in [7, 11) is -3.71. The molecule has 0 radical (unpaired) electrons. The number of halogens is 1. The van der Waals surface area contributed by atoms with Gasteiger partial charge in [0.2, 0.25) is 5.91 Å². The number of aryl methyl sites for hydroxylation is 1. The van der Waals surface area contributed by atoms with Gasteiger partial charge < -0.3 is 4.90 Å². The van der Waals surface area contributed by atoms with Crippen molar-refractivity contribution < 1.29 is 13.2 Å². The molecule has 1 atom stereocenters. The molecule has 1 amide bonds. The number of anilines is 2. The van der Waals surface area contributed by atoms with Gasteiger partial charge in [-0.15, -0.1) is 0 Å². The van der Waals surface area contributed by atoms with Crippen LogP contribution in [0.1, 0.15) is 30.4 Å². The number of rotatable bonds is 3. The minimum Gasteiger partial charge on any atom is -0.311 e. The Labute approximate surface area is 155 Å². The summed E-state index contributed by atoms with van der Waals surface area (Å²) in [5, 5.41) is 0. The third-order valence-electron chi connectivity index (χ3n) is 4.80. The number of hydrogen-bond acceptors (Lipinski definition) is 3. The van der Waals surface area contributed by atoms with E-state index in [2.05, 4.69) is 20.7 Å². The van der Waals surface area contributed by atoms with E-state index in [1.54, 1.807) is 41.3 Å². The van der Waals surface area contributed by atoms with E-state index in [-0.39, 0.29) is 16.7 Å². The van der Waals surface area contributed by atoms with Gasteiger partial charge in [-0.2, -0.15) is 0 Å². The van der Waals surface area contributed by atoms with Gasteiger partial charge in [-0.3, -0.25) is 9.52 Å². The maximum Gasteiger partial charge on any atom is 0.261 e. The Morgan fingerprint density at radius 3 is 2.64 bits per heavy atom. The molecule has 1 N–H and O–H groups in total. The van der Waals surface area contributed by atoms with Gasteiger partial charge >= 0.3 is 0 Å². The highest BCUT2D eigenvalue weighted by Gasteiger charge is 2.38. The fraction of sp³-hybridized carbons (Fsp3) is 0.278. The van der Waals surface area contributed by atoms with Gasteiger partial charge in [-0.25, -0.2) is 8.42 Å². The van der Waals surface area contributed by atoms with Crippen molar-refractivity contribution in [3.63, 3.8) is 0 Å². The Morgan fingerprint density at radius 1 is 1.20 bits per heavy atom. The van der Waals surface area contributed by atoms with Crippen LogP contribution in [-0.2, 0) is 21.2 Å². The molecule has 25 heavy (non-hydrogen) atoms. The van der Waals surface area contributed by atoms with E-state index < -0.39 is 10.0 Å². The molecule has 0 bridgehead atoms. The average Bonchev–Trinajstić information content (AvgIpc) is 2.84. The predicted octanol–water partition coefficient (Wildman–Crippen LogP) is 3.65. The lowest BCUT2D eigenvalue weighted by Crippen LogP contribution is -2.32. The minimum absolute atomic E-state index is 0.0615. The molecule has 0 aliphatic carbocycles. The third-order valence-corrected chi connectivity index (χ3v) is 6.69. The van der Waals surface area contributed by atoms with Crippen LogP contribution in [0.15, 0.2) is 45.8 Å². The first kappa shape index (κ1) is 16.6. The van der Waals surface area contributed by atoms with Gasteiger partial charge in [0.25, 0.3) is 10.0 Å². The van der Waals surface area contributed by atoms with Crippen molar-refractivity contribution in [2.75, 3.05) is 16.2 Å². The van der Waals surface area contributed by atoms with Crippen molar-refractivity contribution in [3.05, 3.63) is 52.0 Å². The lowest BCUT2D eigenvalue weighted by Gasteiger charge is -2.26. The zero-order chi connectivity index (χ0) is 17.8. The summed E-state index contributed by atoms with van der Waals surface area (Å²) in [6.07, 6.45) is 1.65. The molecule has 130 valence electrons. The molecule has 0 saturated heterocycles. The number of nitrogens with one attached hydrogen (secondary N) is 1. The number of nitrogens with zero attached hydrogens (tertiary/aromatic N) is 1. The first-order valence-electron chi connectivity index (χ1n) is 8.13. The van der Waals surface area contributed by atoms with Gasteiger partial charge in [-0.1, -0.05) is 15.9 Å². The van der Waals surface area contributed by atoms with Crippen LogP contribution in [0.2, 0.25) is 0 Å². The van der Waals surface area contributed by atoms with E-state index in [0.717, 1.165) is 34.1 Å². The van der Waals surface area contributed by atoms with Crippen LogP contribution < -0.4 is 9.62 Å². The monoisotopic (exact) mass is 420 g/mol. The van der Waals surface area contributed by atoms with Gasteiger partial charge in [0, 0.05) is 16.7 Å². The SMILES string of the molecule is C[C@H]1C(=O)N2CCCc3cc(S(=O)(=O)Nc4ccc(Br)cc4)cc1c32. The molecule has 2 aromatic carbocycles. The molecule has 2 aliphatic heterocycles. The molecular weight excluding hydrogens is 404 g/mol. The van der Waals surface area contributed by atoms with E-state index in [9.17, 15) is 13.2 Å². The minimum atomic E-state index is -3.71. The smallest absolute Gasteiger partial charge is 0.261 e. The van der Waals surface area contributed by atoms with E-state index in [0.29, 0.717) is 12.2 Å². The van der Waals surface area contributed by atoms with Crippen molar-refractivity contribution >= 4 is 43.2 Å². The summed E-state index contributed by atoms with van der Waals surface area (Å²) in [6, 6.07) is 10.3. The van der Waals surface area contributed by atoms with Crippen LogP contribution in [0.25, 0.3) is 0 Å². The molecule has 0 unspecified atom stereocenters. The Balaban J connectivity index is 1.76. The third kappa shape index (κ3) is 2.75. The topological polar surface area (TPSA) is 66.5 Å². The molecule has 2 aromatic rings. The summed E-state index contributed by atoms with van der Waals surface area (Å²) < 4.78 is 29.1. The highest BCUT2D eigenvalue weighted by atomic mass is 79.9. The number of carbonyl (C=O) groups is 1. The van der Waals surface area contributed by atoms with E-state index in [1.807, 2.05) is 6.92 Å². The quantitative estimate of drug-likeness (QED) is 0.823. The van der Waals surface area contributed by atoms with Crippen LogP contribution in [0.4, 0.5) is 11.4 Å². The van der Waals surface area contributed by atoms with Crippen LogP contribution in [-0.4, -0.2) is 20.9 Å². The Bertz CT molecular complexity index is 971. The lowest BCUT2D eigenvalue weighted by molar-refractivity contribution is -0.119. The number of amides is 1. The second kappa shape index (κ2) is 5.85. The highest BCUT2D eigenvalue weighted by molar-refractivity contribution is 9.10. The van der Waals surface area contributed by atoms with E-state index in [1.165, 1.54) is 0 Å². The van der Waals surface area contributed by atoms with Crippen molar-refractivity contribution in [3.8, 4) is 0 Å². The molecule has 7 heteroatoms. The van der Waals surface area contributed by atoms with Crippen LogP contribution >= 0.6 is 15.9 Å². The van der Waals surface area contributed by atoms with Gasteiger partial charge in [0.05, 0.1) is 16.5 Å². The molecule has 4 rings (SSSR count). The number of sulfonamides is 1. The van der Waals surface area contributed by atoms with Crippen molar-refractivity contribution in [2.45, 2.75) is 30.6 Å². The molecule has 0 aromatic heterocycles. The van der Waals surface area contributed by atoms with E-state index >= 15 is 0 Å². The average molecular weight is 421 g/mol. The van der Waals surface area contributed by atoms with Gasteiger partial charge in [-0.05, 0) is 67.3 Å². The predicted molar refractivity (Wildman–Crippen MR) is 100 cm³/mol. The fourth-order valence-corrected chi connectivity index (χ4v) is 4.96. The summed E-state index contributed by atoms with van der Waals surface area (Å²) in [5.74, 6) is -0.235. The maximum absolute atomic E-state index is 12.8. The summed E-state index contributed by atoms with van der Waals surface area (Å²) >= 11 is 3.33. The number of hydrogen-bond donors (Lipinski definition) is 1. The summed E-state index contributed by atoms with van der Waals surface area (Å²) in [4.78, 5) is 14.4. The zero-order valence-electron chi connectivity index (χ0n) is 13.6. The Morgan fingerprint density at radius 2 is 1.92 bits per heavy atom. The molecule has 0 spiro atoms. The Kier molecular flexibility index (Phi) is 3.88. The molecular formula is C18H17BrN2O3S. The highest BCUT2D eigenvalue weighted by Crippen LogP contribution is 2.44. The van der Waals surface area contributed by atoms with Gasteiger partial charge in [0.15, 0.2) is 0 Å². The Hall–Kier alpha value is -1.86. The largest absolute Gasteiger partial charge is 0.311 e. The number of benzene rings is 2. The molecule has 5 nitrogen and oxygen atoms in total. The zero-order valence-corrected chi connectivity index (χ0v) is 16.0. The van der Waals surface area contributed by atoms with Crippen molar-refractivity contribution in [1.82, 2.24) is 0 Å². The normalized spacial score (nSPS) is 19.0. The second-order valence-corrected chi connectivity index (χ2v) is 9.05. The van der Waals surface area contributed by atoms with Crippen molar-refractivity contribution in [2.24, 2.45) is 0 Å².